The van der Waals surface area contributed by atoms with E-state index in [4.69, 9.17) is 4.43 Å². The summed E-state index contributed by atoms with van der Waals surface area (Å²) in [5.74, 6) is 3.19. The number of hydrogen-bond acceptors (Lipinski definition) is 2. The Bertz CT molecular complexity index is 327. The highest BCUT2D eigenvalue weighted by Crippen LogP contribution is 2.36. The van der Waals surface area contributed by atoms with Crippen LogP contribution in [-0.4, -0.2) is 34.2 Å². The summed E-state index contributed by atoms with van der Waals surface area (Å²) in [6, 6.07) is 0. The van der Waals surface area contributed by atoms with Crippen LogP contribution in [-0.2, 0) is 4.43 Å². The molecule has 0 bridgehead atoms. The first-order valence-electron chi connectivity index (χ1n) is 7.17. The molecule has 19 heavy (non-hydrogen) atoms. The maximum Gasteiger partial charge on any atom is 0.192 e. The minimum atomic E-state index is -1.73. The molecule has 2 nitrogen and oxygen atoms in total. The first-order valence-corrected chi connectivity index (χ1v) is 13.6. The summed E-state index contributed by atoms with van der Waals surface area (Å²) in [5.41, 5.74) is 3.32. The first kappa shape index (κ1) is 18.9. The standard InChI is InChI=1S/C15H32O2Si2/c1-15(2,3)19(7,8)17-13-14(16)11-9-10-12-18(4,5)6/h14,16H,9,11,13H2,1-8H3/t14-/m1/s1. The van der Waals surface area contributed by atoms with Gasteiger partial charge >= 0.3 is 0 Å². The Morgan fingerprint density at radius 2 is 1.63 bits per heavy atom. The Hall–Kier alpha value is -0.0862. The molecule has 0 aliphatic carbocycles. The minimum absolute atomic E-state index is 0.199. The van der Waals surface area contributed by atoms with Crippen LogP contribution in [0.1, 0.15) is 33.6 Å². The van der Waals surface area contributed by atoms with Crippen LogP contribution >= 0.6 is 0 Å². The number of aliphatic hydroxyl groups excluding tert-OH is 1. The van der Waals surface area contributed by atoms with Crippen LogP contribution < -0.4 is 0 Å². The highest BCUT2D eigenvalue weighted by atomic mass is 28.4. The molecule has 4 heteroatoms. The molecule has 0 saturated heterocycles. The largest absolute Gasteiger partial charge is 0.414 e. The lowest BCUT2D eigenvalue weighted by Crippen LogP contribution is -2.42. The van der Waals surface area contributed by atoms with Crippen molar-refractivity contribution >= 4 is 16.4 Å². The fourth-order valence-electron chi connectivity index (χ4n) is 1.17. The summed E-state index contributed by atoms with van der Waals surface area (Å²) >= 11 is 0. The van der Waals surface area contributed by atoms with Gasteiger partial charge in [-0.3, -0.25) is 0 Å². The van der Waals surface area contributed by atoms with E-state index in [0.717, 1.165) is 6.42 Å². The highest BCUT2D eigenvalue weighted by Gasteiger charge is 2.37. The van der Waals surface area contributed by atoms with E-state index >= 15 is 0 Å². The molecular formula is C15H32O2Si2. The van der Waals surface area contributed by atoms with Gasteiger partial charge in [-0.25, -0.2) is 0 Å². The molecule has 1 atom stereocenters. The van der Waals surface area contributed by atoms with E-state index in [1.807, 2.05) is 0 Å². The third-order valence-corrected chi connectivity index (χ3v) is 8.94. The Kier molecular flexibility index (Phi) is 7.04. The van der Waals surface area contributed by atoms with Crippen LogP contribution in [0.5, 0.6) is 0 Å². The van der Waals surface area contributed by atoms with Gasteiger partial charge in [0.15, 0.2) is 8.32 Å². The second kappa shape index (κ2) is 7.07. The van der Waals surface area contributed by atoms with Gasteiger partial charge in [-0.2, -0.15) is 0 Å². The predicted molar refractivity (Wildman–Crippen MR) is 89.5 cm³/mol. The smallest absolute Gasteiger partial charge is 0.192 e. The zero-order valence-corrected chi connectivity index (χ0v) is 16.1. The van der Waals surface area contributed by atoms with E-state index in [1.54, 1.807) is 0 Å². The fourth-order valence-corrected chi connectivity index (χ4v) is 2.87. The Balaban J connectivity index is 4.07. The molecule has 1 N–H and O–H groups in total. The molecule has 0 aromatic carbocycles. The third-order valence-electron chi connectivity index (χ3n) is 3.51. The maximum absolute atomic E-state index is 9.95. The first-order chi connectivity index (χ1) is 8.35. The second-order valence-corrected chi connectivity index (χ2v) is 17.4. The number of aliphatic hydroxyl groups is 1. The van der Waals surface area contributed by atoms with E-state index in [1.165, 1.54) is 0 Å². The lowest BCUT2D eigenvalue weighted by Gasteiger charge is -2.36. The monoisotopic (exact) mass is 300 g/mol. The van der Waals surface area contributed by atoms with Gasteiger partial charge in [-0.1, -0.05) is 40.4 Å². The van der Waals surface area contributed by atoms with Crippen LogP contribution in [0.25, 0.3) is 0 Å². The molecule has 0 unspecified atom stereocenters. The lowest BCUT2D eigenvalue weighted by molar-refractivity contribution is 0.0941. The predicted octanol–water partition coefficient (Wildman–Crippen LogP) is 4.03. The topological polar surface area (TPSA) is 29.5 Å². The molecule has 0 aliphatic heterocycles. The van der Waals surface area contributed by atoms with Crippen LogP contribution in [0.15, 0.2) is 0 Å². The molecule has 0 radical (unpaired) electrons. The number of rotatable bonds is 5. The third kappa shape index (κ3) is 8.64. The van der Waals surface area contributed by atoms with Crippen molar-refractivity contribution in [1.82, 2.24) is 0 Å². The van der Waals surface area contributed by atoms with Crippen molar-refractivity contribution in [3.63, 3.8) is 0 Å². The van der Waals surface area contributed by atoms with Crippen molar-refractivity contribution in [2.24, 2.45) is 0 Å². The molecule has 0 aliphatic rings. The van der Waals surface area contributed by atoms with Crippen molar-refractivity contribution in [3.8, 4) is 11.5 Å². The molecule has 0 heterocycles. The molecule has 0 fully saturated rings. The van der Waals surface area contributed by atoms with E-state index in [2.05, 4.69) is 65.0 Å². The fraction of sp³-hybridized carbons (Fsp3) is 0.867. The van der Waals surface area contributed by atoms with E-state index in [9.17, 15) is 5.11 Å². The van der Waals surface area contributed by atoms with Gasteiger partial charge < -0.3 is 9.53 Å². The summed E-state index contributed by atoms with van der Waals surface area (Å²) in [5, 5.41) is 10.1. The van der Waals surface area contributed by atoms with Gasteiger partial charge in [0.25, 0.3) is 0 Å². The summed E-state index contributed by atoms with van der Waals surface area (Å²) in [6.07, 6.45) is 1.10. The minimum Gasteiger partial charge on any atom is -0.414 e. The molecule has 0 aromatic rings. The SMILES string of the molecule is CC(C)(C)[Si](C)(C)OC[C@H](O)CCC#C[Si](C)(C)C. The van der Waals surface area contributed by atoms with Crippen molar-refractivity contribution in [2.45, 2.75) is 77.5 Å². The number of hydrogen-bond donors (Lipinski definition) is 1. The summed E-state index contributed by atoms with van der Waals surface area (Å²) < 4.78 is 6.00. The van der Waals surface area contributed by atoms with Crippen LogP contribution in [0, 0.1) is 11.5 Å². The van der Waals surface area contributed by atoms with Gasteiger partial charge in [0.1, 0.15) is 8.07 Å². The van der Waals surface area contributed by atoms with Crippen molar-refractivity contribution < 1.29 is 9.53 Å². The Labute approximate surface area is 122 Å². The molecule has 0 aromatic heterocycles. The van der Waals surface area contributed by atoms with Crippen LogP contribution in [0.2, 0.25) is 37.8 Å². The second-order valence-electron chi connectivity index (χ2n) is 7.82. The Morgan fingerprint density at radius 3 is 2.05 bits per heavy atom. The zero-order chi connectivity index (χ0) is 15.3. The van der Waals surface area contributed by atoms with Gasteiger partial charge in [0.2, 0.25) is 0 Å². The summed E-state index contributed by atoms with van der Waals surface area (Å²) in [6.45, 7) is 18.2. The summed E-state index contributed by atoms with van der Waals surface area (Å²) in [7, 11) is -3.00. The van der Waals surface area contributed by atoms with Gasteiger partial charge in [0, 0.05) is 6.42 Å². The van der Waals surface area contributed by atoms with Crippen molar-refractivity contribution in [2.75, 3.05) is 6.61 Å². The lowest BCUT2D eigenvalue weighted by atomic mass is 10.2. The van der Waals surface area contributed by atoms with E-state index in [0.29, 0.717) is 13.0 Å². The molecule has 0 saturated carbocycles. The van der Waals surface area contributed by atoms with Gasteiger partial charge in [-0.05, 0) is 24.6 Å². The molecular weight excluding hydrogens is 268 g/mol. The quantitative estimate of drug-likeness (QED) is 0.613. The van der Waals surface area contributed by atoms with Gasteiger partial charge in [0.05, 0.1) is 12.7 Å². The highest BCUT2D eigenvalue weighted by molar-refractivity contribution is 6.83. The van der Waals surface area contributed by atoms with Crippen molar-refractivity contribution in [1.29, 1.82) is 0 Å². The average Bonchev–Trinajstić information content (AvgIpc) is 2.18. The van der Waals surface area contributed by atoms with E-state index < -0.39 is 16.4 Å². The molecule has 0 amide bonds. The van der Waals surface area contributed by atoms with Crippen LogP contribution in [0.4, 0.5) is 0 Å². The molecule has 0 rings (SSSR count). The van der Waals surface area contributed by atoms with Crippen molar-refractivity contribution in [3.05, 3.63) is 0 Å². The zero-order valence-electron chi connectivity index (χ0n) is 14.1. The Morgan fingerprint density at radius 1 is 1.11 bits per heavy atom. The van der Waals surface area contributed by atoms with Crippen LogP contribution in [0.3, 0.4) is 0 Å². The normalized spacial score (nSPS) is 14.8. The molecule has 0 spiro atoms. The van der Waals surface area contributed by atoms with Gasteiger partial charge in [-0.15, -0.1) is 11.5 Å². The summed E-state index contributed by atoms with van der Waals surface area (Å²) in [4.78, 5) is 0. The van der Waals surface area contributed by atoms with E-state index in [-0.39, 0.29) is 11.1 Å². The average molecular weight is 301 g/mol. The molecule has 112 valence electrons. The maximum atomic E-state index is 9.95.